The fourth-order valence-corrected chi connectivity index (χ4v) is 7.63. The normalized spacial score (nSPS) is 31.1. The lowest BCUT2D eigenvalue weighted by molar-refractivity contribution is -0.131. The van der Waals surface area contributed by atoms with E-state index in [2.05, 4.69) is 17.5 Å². The second kappa shape index (κ2) is 8.20. The van der Waals surface area contributed by atoms with Crippen LogP contribution in [0.25, 0.3) is 5.57 Å². The lowest BCUT2D eigenvalue weighted by Gasteiger charge is -2.28. The van der Waals surface area contributed by atoms with Gasteiger partial charge in [0.15, 0.2) is 0 Å². The van der Waals surface area contributed by atoms with E-state index in [4.69, 9.17) is 0 Å². The third-order valence-corrected chi connectivity index (χ3v) is 10.1. The lowest BCUT2D eigenvalue weighted by Crippen LogP contribution is -2.37. The van der Waals surface area contributed by atoms with Crippen LogP contribution in [0.2, 0.25) is 0 Å². The van der Waals surface area contributed by atoms with Gasteiger partial charge < -0.3 is 9.80 Å². The summed E-state index contributed by atoms with van der Waals surface area (Å²) in [5.41, 5.74) is 3.42. The van der Waals surface area contributed by atoms with Crippen LogP contribution in [0, 0.1) is 17.7 Å². The molecule has 0 radical (unpaired) electrons. The smallest absolute Gasteiger partial charge is 0.244 e. The van der Waals surface area contributed by atoms with E-state index in [1.165, 1.54) is 5.57 Å². The average molecular weight is 494 g/mol. The van der Waals surface area contributed by atoms with Gasteiger partial charge in [-0.3, -0.25) is 14.9 Å². The molecule has 5 nitrogen and oxygen atoms in total. The first-order valence-electron chi connectivity index (χ1n) is 13.2. The van der Waals surface area contributed by atoms with Crippen molar-refractivity contribution in [2.75, 3.05) is 25.4 Å². The predicted molar refractivity (Wildman–Crippen MR) is 135 cm³/mol. The summed E-state index contributed by atoms with van der Waals surface area (Å²) in [5, 5.41) is 4.12. The van der Waals surface area contributed by atoms with Crippen LogP contribution in [-0.4, -0.2) is 57.8 Å². The Morgan fingerprint density at radius 2 is 2.09 bits per heavy atom. The van der Waals surface area contributed by atoms with Gasteiger partial charge in [-0.25, -0.2) is 4.39 Å². The van der Waals surface area contributed by atoms with E-state index in [0.29, 0.717) is 23.3 Å². The van der Waals surface area contributed by atoms with E-state index in [-0.39, 0.29) is 29.7 Å². The molecule has 2 amide bonds. The summed E-state index contributed by atoms with van der Waals surface area (Å²) in [7, 11) is 0. The van der Waals surface area contributed by atoms with Crippen molar-refractivity contribution in [3.63, 3.8) is 0 Å². The molecule has 1 spiro atoms. The first-order chi connectivity index (χ1) is 17.0. The largest absolute Gasteiger partial charge is 0.342 e. The van der Waals surface area contributed by atoms with Gasteiger partial charge in [0.25, 0.3) is 0 Å². The number of carbonyl (C=O) groups is 2. The Labute approximate surface area is 210 Å². The Morgan fingerprint density at radius 3 is 2.86 bits per heavy atom. The van der Waals surface area contributed by atoms with Crippen LogP contribution in [0.15, 0.2) is 35.9 Å². The van der Waals surface area contributed by atoms with Crippen molar-refractivity contribution in [3.05, 3.63) is 52.9 Å². The van der Waals surface area contributed by atoms with Crippen LogP contribution >= 0.6 is 11.8 Å². The minimum atomic E-state index is -0.465. The molecule has 3 heterocycles. The van der Waals surface area contributed by atoms with Crippen molar-refractivity contribution < 1.29 is 14.0 Å². The summed E-state index contributed by atoms with van der Waals surface area (Å²) in [6, 6.07) is 5.51. The van der Waals surface area contributed by atoms with Crippen molar-refractivity contribution >= 4 is 29.1 Å². The maximum absolute atomic E-state index is 15.4. The molecule has 3 saturated heterocycles. The van der Waals surface area contributed by atoms with Gasteiger partial charge in [0, 0.05) is 36.4 Å². The molecule has 35 heavy (non-hydrogen) atoms. The number of halogens is 1. The van der Waals surface area contributed by atoms with E-state index in [0.717, 1.165) is 74.9 Å². The number of amides is 2. The standard InChI is InChI=1S/C28H32FN3O2S/c29-23-14-21(3-5-22(23)19-4-6-24-20(13-19)8-12-35-24)25-30-28(9-10-28)27(34)32(25)16-17-7-11-31(15-17)26(33)18-1-2-18/h3-5,13-14,17-18,24-25,30H,1-2,6-12,15-16H2/t17-,24?,25?/m1/s1. The minimum absolute atomic E-state index is 0.142. The maximum Gasteiger partial charge on any atom is 0.244 e. The molecule has 0 aromatic heterocycles. The van der Waals surface area contributed by atoms with Gasteiger partial charge in [0.2, 0.25) is 11.8 Å². The number of carbonyl (C=O) groups excluding carboxylic acids is 2. The van der Waals surface area contributed by atoms with Crippen molar-refractivity contribution in [2.24, 2.45) is 11.8 Å². The van der Waals surface area contributed by atoms with Gasteiger partial charge >= 0.3 is 0 Å². The fourth-order valence-electron chi connectivity index (χ4n) is 6.36. The molecule has 0 bridgehead atoms. The van der Waals surface area contributed by atoms with Gasteiger partial charge in [-0.2, -0.15) is 11.8 Å². The zero-order valence-corrected chi connectivity index (χ0v) is 20.8. The number of rotatable bonds is 5. The SMILES string of the molecule is O=C(C1CC1)N1CC[C@@H](CN2C(=O)C3(CC3)NC2c2ccc(C3=CCC4SCCC4=C3)c(F)c2)C1. The fraction of sp³-hybridized carbons (Fsp3) is 0.571. The molecule has 6 aliphatic rings. The van der Waals surface area contributed by atoms with E-state index in [1.807, 2.05) is 33.7 Å². The topological polar surface area (TPSA) is 52.7 Å². The zero-order valence-electron chi connectivity index (χ0n) is 20.0. The van der Waals surface area contributed by atoms with E-state index in [9.17, 15) is 9.59 Å². The summed E-state index contributed by atoms with van der Waals surface area (Å²) in [6.07, 6.45) is 10.8. The highest BCUT2D eigenvalue weighted by Crippen LogP contribution is 2.47. The molecule has 1 aromatic rings. The monoisotopic (exact) mass is 493 g/mol. The van der Waals surface area contributed by atoms with Crippen molar-refractivity contribution in [1.29, 1.82) is 0 Å². The van der Waals surface area contributed by atoms with Gasteiger partial charge in [0.1, 0.15) is 17.5 Å². The third kappa shape index (κ3) is 3.86. The molecule has 3 aliphatic carbocycles. The summed E-state index contributed by atoms with van der Waals surface area (Å²) < 4.78 is 15.4. The Hall–Kier alpha value is -2.12. The molecular weight excluding hydrogens is 461 g/mol. The molecule has 7 rings (SSSR count). The molecule has 2 unspecified atom stereocenters. The Balaban J connectivity index is 1.11. The highest BCUT2D eigenvalue weighted by atomic mass is 32.2. The van der Waals surface area contributed by atoms with Gasteiger partial charge in [-0.1, -0.05) is 29.9 Å². The highest BCUT2D eigenvalue weighted by molar-refractivity contribution is 8.00. The first-order valence-corrected chi connectivity index (χ1v) is 14.3. The van der Waals surface area contributed by atoms with Crippen LogP contribution in [0.3, 0.4) is 0 Å². The molecule has 3 aliphatic heterocycles. The molecule has 2 saturated carbocycles. The second-order valence-electron chi connectivity index (χ2n) is 11.3. The van der Waals surface area contributed by atoms with Crippen molar-refractivity contribution in [3.8, 4) is 0 Å². The molecule has 7 heteroatoms. The number of likely N-dealkylation sites (tertiary alicyclic amines) is 1. The van der Waals surface area contributed by atoms with E-state index in [1.54, 1.807) is 6.07 Å². The first kappa shape index (κ1) is 22.1. The van der Waals surface area contributed by atoms with Gasteiger partial charge in [0.05, 0.1) is 0 Å². The van der Waals surface area contributed by atoms with Crippen LogP contribution in [0.1, 0.15) is 62.2 Å². The molecule has 3 atom stereocenters. The number of nitrogens with one attached hydrogen (secondary N) is 1. The zero-order chi connectivity index (χ0) is 23.7. The van der Waals surface area contributed by atoms with Crippen molar-refractivity contribution in [2.45, 2.75) is 61.9 Å². The number of thioether (sulfide) groups is 1. The van der Waals surface area contributed by atoms with Crippen LogP contribution < -0.4 is 5.32 Å². The van der Waals surface area contributed by atoms with Crippen LogP contribution in [0.5, 0.6) is 0 Å². The van der Waals surface area contributed by atoms with Gasteiger partial charge in [-0.15, -0.1) is 0 Å². The maximum atomic E-state index is 15.4. The van der Waals surface area contributed by atoms with E-state index >= 15 is 4.39 Å². The summed E-state index contributed by atoms with van der Waals surface area (Å²) in [4.78, 5) is 29.8. The lowest BCUT2D eigenvalue weighted by atomic mass is 9.92. The van der Waals surface area contributed by atoms with Crippen molar-refractivity contribution in [1.82, 2.24) is 15.1 Å². The highest BCUT2D eigenvalue weighted by Gasteiger charge is 2.59. The molecule has 5 fully saturated rings. The Bertz CT molecular complexity index is 1150. The third-order valence-electron chi connectivity index (χ3n) is 8.76. The number of benzene rings is 1. The summed E-state index contributed by atoms with van der Waals surface area (Å²) in [6.45, 7) is 2.14. The predicted octanol–water partition coefficient (Wildman–Crippen LogP) is 4.27. The Kier molecular flexibility index (Phi) is 5.18. The van der Waals surface area contributed by atoms with Crippen LogP contribution in [0.4, 0.5) is 4.39 Å². The molecule has 184 valence electrons. The quantitative estimate of drug-likeness (QED) is 0.666. The van der Waals surface area contributed by atoms with Crippen LogP contribution in [-0.2, 0) is 9.59 Å². The minimum Gasteiger partial charge on any atom is -0.342 e. The number of fused-ring (bicyclic) bond motifs is 1. The van der Waals surface area contributed by atoms with E-state index < -0.39 is 5.54 Å². The molecule has 1 N–H and O–H groups in total. The number of allylic oxidation sites excluding steroid dienone is 3. The molecular formula is C28H32FN3O2S. The number of nitrogens with zero attached hydrogens (tertiary/aromatic N) is 2. The second-order valence-corrected chi connectivity index (χ2v) is 12.6. The summed E-state index contributed by atoms with van der Waals surface area (Å²) >= 11 is 2.00. The molecule has 1 aromatic carbocycles. The van der Waals surface area contributed by atoms with Gasteiger partial charge in [-0.05, 0) is 73.8 Å². The summed E-state index contributed by atoms with van der Waals surface area (Å²) in [5.74, 6) is 1.89. The number of hydrogen-bond acceptors (Lipinski definition) is 4. The Morgan fingerprint density at radius 1 is 1.23 bits per heavy atom. The average Bonchev–Trinajstić information content (AvgIpc) is 3.74. The number of hydrogen-bond donors (Lipinski definition) is 1.